The second-order valence-corrected chi connectivity index (χ2v) is 5.26. The summed E-state index contributed by atoms with van der Waals surface area (Å²) in [5, 5.41) is 0. The minimum Gasteiger partial charge on any atom is -0.493 e. The van der Waals surface area contributed by atoms with Gasteiger partial charge in [0.1, 0.15) is 6.54 Å². The molecule has 0 aromatic heterocycles. The third-order valence-corrected chi connectivity index (χ3v) is 3.79. The van der Waals surface area contributed by atoms with E-state index in [2.05, 4.69) is 12.1 Å². The second kappa shape index (κ2) is 7.39. The topological polar surface area (TPSA) is 22.9 Å². The molecule has 1 N–H and O–H groups in total. The van der Waals surface area contributed by atoms with E-state index in [1.54, 1.807) is 12.0 Å². The van der Waals surface area contributed by atoms with Crippen LogP contribution in [0.2, 0.25) is 0 Å². The predicted octanol–water partition coefficient (Wildman–Crippen LogP) is 2.05. The summed E-state index contributed by atoms with van der Waals surface area (Å²) < 4.78 is 11.0. The van der Waals surface area contributed by atoms with Gasteiger partial charge in [-0.2, -0.15) is 0 Å². The first-order valence-corrected chi connectivity index (χ1v) is 7.46. The molecule has 1 aliphatic heterocycles. The molecule has 1 heterocycles. The Hall–Kier alpha value is -1.22. The van der Waals surface area contributed by atoms with Crippen LogP contribution in [-0.4, -0.2) is 26.8 Å². The largest absolute Gasteiger partial charge is 0.493 e. The van der Waals surface area contributed by atoms with Crippen molar-refractivity contribution in [3.05, 3.63) is 23.8 Å². The Balaban J connectivity index is 2.04. The molecule has 1 fully saturated rings. The number of quaternary nitrogens is 1. The molecule has 0 bridgehead atoms. The van der Waals surface area contributed by atoms with Crippen molar-refractivity contribution in [3.63, 3.8) is 0 Å². The number of rotatable bonds is 5. The van der Waals surface area contributed by atoms with Crippen molar-refractivity contribution in [2.75, 3.05) is 26.8 Å². The molecule has 3 nitrogen and oxygen atoms in total. The molecule has 0 unspecified atom stereocenters. The molecule has 19 heavy (non-hydrogen) atoms. The van der Waals surface area contributed by atoms with Gasteiger partial charge in [-0.05, 0) is 50.8 Å². The van der Waals surface area contributed by atoms with Crippen LogP contribution in [0.4, 0.5) is 0 Å². The molecule has 1 aromatic rings. The van der Waals surface area contributed by atoms with Gasteiger partial charge < -0.3 is 14.4 Å². The molecule has 0 aliphatic carbocycles. The Kier molecular flexibility index (Phi) is 5.52. The first-order valence-electron chi connectivity index (χ1n) is 7.46. The van der Waals surface area contributed by atoms with Gasteiger partial charge in [-0.25, -0.2) is 0 Å². The van der Waals surface area contributed by atoms with Crippen LogP contribution in [0.3, 0.4) is 0 Å². The first-order chi connectivity index (χ1) is 9.33. The van der Waals surface area contributed by atoms with Crippen LogP contribution < -0.4 is 14.4 Å². The highest BCUT2D eigenvalue weighted by Crippen LogP contribution is 2.27. The van der Waals surface area contributed by atoms with E-state index in [9.17, 15) is 0 Å². The number of likely N-dealkylation sites (tertiary alicyclic amines) is 1. The number of methoxy groups -OCH3 is 1. The minimum atomic E-state index is 0.677. The molecule has 0 amide bonds. The normalized spacial score (nSPS) is 16.9. The Morgan fingerprint density at radius 1 is 1.05 bits per heavy atom. The van der Waals surface area contributed by atoms with Crippen molar-refractivity contribution in [1.29, 1.82) is 0 Å². The van der Waals surface area contributed by atoms with Gasteiger partial charge in [-0.3, -0.25) is 0 Å². The van der Waals surface area contributed by atoms with Crippen molar-refractivity contribution in [2.24, 2.45) is 0 Å². The fourth-order valence-electron chi connectivity index (χ4n) is 2.79. The number of ether oxygens (including phenoxy) is 2. The van der Waals surface area contributed by atoms with Gasteiger partial charge in [0.05, 0.1) is 26.8 Å². The Labute approximate surface area is 116 Å². The Bertz CT molecular complexity index is 384. The van der Waals surface area contributed by atoms with Crippen LogP contribution in [0, 0.1) is 0 Å². The van der Waals surface area contributed by atoms with Crippen molar-refractivity contribution < 1.29 is 14.4 Å². The van der Waals surface area contributed by atoms with Gasteiger partial charge in [0.25, 0.3) is 0 Å². The summed E-state index contributed by atoms with van der Waals surface area (Å²) >= 11 is 0. The molecule has 0 radical (unpaired) electrons. The zero-order valence-corrected chi connectivity index (χ0v) is 12.2. The minimum absolute atomic E-state index is 0.677. The SMILES string of the molecule is CCOc1cc(C[NH+]2CCCCCC2)ccc1OC. The molecule has 106 valence electrons. The number of hydrogen-bond donors (Lipinski definition) is 1. The monoisotopic (exact) mass is 264 g/mol. The van der Waals surface area contributed by atoms with E-state index in [0.717, 1.165) is 18.0 Å². The lowest BCUT2D eigenvalue weighted by molar-refractivity contribution is -0.913. The highest BCUT2D eigenvalue weighted by atomic mass is 16.5. The van der Waals surface area contributed by atoms with E-state index in [1.165, 1.54) is 44.3 Å². The van der Waals surface area contributed by atoms with Gasteiger partial charge in [-0.1, -0.05) is 0 Å². The predicted molar refractivity (Wildman–Crippen MR) is 77.0 cm³/mol. The van der Waals surface area contributed by atoms with Gasteiger partial charge in [0.15, 0.2) is 11.5 Å². The summed E-state index contributed by atoms with van der Waals surface area (Å²) in [7, 11) is 1.69. The summed E-state index contributed by atoms with van der Waals surface area (Å²) in [5.41, 5.74) is 1.35. The summed E-state index contributed by atoms with van der Waals surface area (Å²) in [6.07, 6.45) is 5.53. The van der Waals surface area contributed by atoms with E-state index in [1.807, 2.05) is 13.0 Å². The zero-order valence-electron chi connectivity index (χ0n) is 12.2. The molecular formula is C16H26NO2+. The lowest BCUT2D eigenvalue weighted by Gasteiger charge is -2.18. The van der Waals surface area contributed by atoms with Crippen LogP contribution >= 0.6 is 0 Å². The van der Waals surface area contributed by atoms with Crippen molar-refractivity contribution in [1.82, 2.24) is 0 Å². The molecule has 0 saturated carbocycles. The van der Waals surface area contributed by atoms with E-state index >= 15 is 0 Å². The third-order valence-electron chi connectivity index (χ3n) is 3.79. The maximum Gasteiger partial charge on any atom is 0.161 e. The quantitative estimate of drug-likeness (QED) is 0.879. The Morgan fingerprint density at radius 3 is 2.42 bits per heavy atom. The molecule has 1 aromatic carbocycles. The molecule has 3 heteroatoms. The zero-order chi connectivity index (χ0) is 13.5. The fourth-order valence-corrected chi connectivity index (χ4v) is 2.79. The van der Waals surface area contributed by atoms with Gasteiger partial charge >= 0.3 is 0 Å². The standard InChI is InChI=1S/C16H25NO2/c1-3-19-16-12-14(8-9-15(16)18-2)13-17-10-6-4-5-7-11-17/h8-9,12H,3-7,10-11,13H2,1-2H3/p+1. The van der Waals surface area contributed by atoms with Crippen LogP contribution in [-0.2, 0) is 6.54 Å². The van der Waals surface area contributed by atoms with E-state index in [4.69, 9.17) is 9.47 Å². The van der Waals surface area contributed by atoms with Crippen LogP contribution in [0.25, 0.3) is 0 Å². The number of nitrogens with one attached hydrogen (secondary N) is 1. The molecule has 0 spiro atoms. The molecule has 1 aliphatic rings. The third kappa shape index (κ3) is 4.13. The summed E-state index contributed by atoms with van der Waals surface area (Å²) in [6, 6.07) is 6.33. The van der Waals surface area contributed by atoms with Gasteiger partial charge in [-0.15, -0.1) is 0 Å². The van der Waals surface area contributed by atoms with Crippen molar-refractivity contribution in [3.8, 4) is 11.5 Å². The number of benzene rings is 1. The average Bonchev–Trinajstić information content (AvgIpc) is 2.68. The average molecular weight is 264 g/mol. The molecular weight excluding hydrogens is 238 g/mol. The molecule has 1 saturated heterocycles. The smallest absolute Gasteiger partial charge is 0.161 e. The fraction of sp³-hybridized carbons (Fsp3) is 0.625. The first kappa shape index (κ1) is 14.2. The highest BCUT2D eigenvalue weighted by Gasteiger charge is 2.14. The number of hydrogen-bond acceptors (Lipinski definition) is 2. The highest BCUT2D eigenvalue weighted by molar-refractivity contribution is 5.42. The van der Waals surface area contributed by atoms with Crippen LogP contribution in [0.1, 0.15) is 38.2 Å². The summed E-state index contributed by atoms with van der Waals surface area (Å²) in [4.78, 5) is 1.70. The lowest BCUT2D eigenvalue weighted by atomic mass is 10.2. The molecule has 2 rings (SSSR count). The Morgan fingerprint density at radius 2 is 1.79 bits per heavy atom. The van der Waals surface area contributed by atoms with Gasteiger partial charge in [0, 0.05) is 5.56 Å². The van der Waals surface area contributed by atoms with E-state index in [0.29, 0.717) is 6.61 Å². The van der Waals surface area contributed by atoms with E-state index < -0.39 is 0 Å². The second-order valence-electron chi connectivity index (χ2n) is 5.26. The van der Waals surface area contributed by atoms with Crippen molar-refractivity contribution in [2.45, 2.75) is 39.2 Å². The summed E-state index contributed by atoms with van der Waals surface area (Å²) in [5.74, 6) is 1.70. The summed E-state index contributed by atoms with van der Waals surface area (Å²) in [6.45, 7) is 6.39. The maximum absolute atomic E-state index is 5.65. The van der Waals surface area contributed by atoms with Gasteiger partial charge in [0.2, 0.25) is 0 Å². The maximum atomic E-state index is 5.65. The van der Waals surface area contributed by atoms with Crippen LogP contribution in [0.15, 0.2) is 18.2 Å². The lowest BCUT2D eigenvalue weighted by Crippen LogP contribution is -3.10. The van der Waals surface area contributed by atoms with Crippen LogP contribution in [0.5, 0.6) is 11.5 Å². The molecule has 0 atom stereocenters. The van der Waals surface area contributed by atoms with E-state index in [-0.39, 0.29) is 0 Å². The van der Waals surface area contributed by atoms with Crippen molar-refractivity contribution >= 4 is 0 Å².